The molecule has 2 fully saturated rings. The second-order valence-electron chi connectivity index (χ2n) is 6.77. The summed E-state index contributed by atoms with van der Waals surface area (Å²) in [5.74, 6) is 0.225. The molecule has 1 aromatic carbocycles. The first-order valence-corrected chi connectivity index (χ1v) is 9.75. The van der Waals surface area contributed by atoms with Crippen LogP contribution in [-0.2, 0) is 4.79 Å². The van der Waals surface area contributed by atoms with Crippen molar-refractivity contribution in [1.82, 2.24) is 20.7 Å². The summed E-state index contributed by atoms with van der Waals surface area (Å²) in [6, 6.07) is 8.67. The van der Waals surface area contributed by atoms with Crippen LogP contribution in [0.2, 0.25) is 0 Å². The minimum absolute atomic E-state index is 0.100. The van der Waals surface area contributed by atoms with Gasteiger partial charge in [0.15, 0.2) is 0 Å². The van der Waals surface area contributed by atoms with Crippen molar-refractivity contribution in [3.63, 3.8) is 0 Å². The van der Waals surface area contributed by atoms with Gasteiger partial charge in [0.2, 0.25) is 5.91 Å². The van der Waals surface area contributed by atoms with Crippen molar-refractivity contribution in [3.05, 3.63) is 29.3 Å². The van der Waals surface area contributed by atoms with E-state index in [1.807, 2.05) is 23.1 Å². The van der Waals surface area contributed by atoms with Gasteiger partial charge in [-0.1, -0.05) is 25.5 Å². The quantitative estimate of drug-likeness (QED) is 0.895. The van der Waals surface area contributed by atoms with Gasteiger partial charge in [0, 0.05) is 12.6 Å². The second kappa shape index (κ2) is 6.78. The van der Waals surface area contributed by atoms with Crippen molar-refractivity contribution >= 4 is 27.5 Å². The lowest BCUT2D eigenvalue weighted by atomic mass is 10.0. The normalized spacial score (nSPS) is 27.2. The number of nitrogens with zero attached hydrogens (tertiary/aromatic N) is 2. The molecule has 2 aromatic rings. The van der Waals surface area contributed by atoms with Crippen molar-refractivity contribution in [2.45, 2.75) is 57.2 Å². The van der Waals surface area contributed by atoms with Crippen molar-refractivity contribution < 1.29 is 4.79 Å². The Bertz CT molecular complexity index is 698. The molecule has 0 bridgehead atoms. The molecule has 1 aromatic heterocycles. The average molecular weight is 344 g/mol. The highest BCUT2D eigenvalue weighted by Gasteiger charge is 2.38. The Morgan fingerprint density at radius 3 is 3.08 bits per heavy atom. The number of fused-ring (bicyclic) bond motifs is 1. The molecule has 3 atom stereocenters. The lowest BCUT2D eigenvalue weighted by Gasteiger charge is -2.25. The number of benzene rings is 1. The molecule has 0 radical (unpaired) electrons. The highest BCUT2D eigenvalue weighted by atomic mass is 32.1. The van der Waals surface area contributed by atoms with Crippen LogP contribution in [0.1, 0.15) is 50.1 Å². The first-order chi connectivity index (χ1) is 11.8. The van der Waals surface area contributed by atoms with E-state index in [1.54, 1.807) is 11.3 Å². The molecule has 2 aliphatic rings. The van der Waals surface area contributed by atoms with Crippen molar-refractivity contribution in [2.75, 3.05) is 6.54 Å². The molecule has 5 nitrogen and oxygen atoms in total. The lowest BCUT2D eigenvalue weighted by Crippen LogP contribution is -2.45. The number of hydrogen-bond acceptors (Lipinski definition) is 5. The van der Waals surface area contributed by atoms with Gasteiger partial charge >= 0.3 is 0 Å². The standard InChI is InChI=1S/C18H24N4OS/c1-2-6-12-11-14(21-20-12)18(23)22-10-5-8-15(22)17-19-13-7-3-4-9-16(13)24-17/h3-4,7,9,12,14-15,20-21H,2,5-6,8,10-11H2,1H3. The smallest absolute Gasteiger partial charge is 0.241 e. The van der Waals surface area contributed by atoms with Crippen molar-refractivity contribution in [2.24, 2.45) is 0 Å². The maximum Gasteiger partial charge on any atom is 0.241 e. The number of amides is 1. The Morgan fingerprint density at radius 1 is 1.38 bits per heavy atom. The summed E-state index contributed by atoms with van der Waals surface area (Å²) < 4.78 is 1.20. The number of nitrogens with one attached hydrogen (secondary N) is 2. The molecule has 24 heavy (non-hydrogen) atoms. The van der Waals surface area contributed by atoms with Crippen LogP contribution in [0, 0.1) is 0 Å². The Kier molecular flexibility index (Phi) is 4.52. The van der Waals surface area contributed by atoms with Crippen LogP contribution in [0.5, 0.6) is 0 Å². The van der Waals surface area contributed by atoms with E-state index < -0.39 is 0 Å². The molecule has 0 saturated carbocycles. The van der Waals surface area contributed by atoms with Gasteiger partial charge in [-0.15, -0.1) is 11.3 Å². The highest BCUT2D eigenvalue weighted by molar-refractivity contribution is 7.18. The molecular weight excluding hydrogens is 320 g/mol. The molecule has 2 saturated heterocycles. The molecule has 1 amide bonds. The fourth-order valence-electron chi connectivity index (χ4n) is 3.84. The van der Waals surface area contributed by atoms with Gasteiger partial charge < -0.3 is 4.90 Å². The highest BCUT2D eigenvalue weighted by Crippen LogP contribution is 2.37. The zero-order valence-electron chi connectivity index (χ0n) is 14.0. The second-order valence-corrected chi connectivity index (χ2v) is 7.83. The Balaban J connectivity index is 1.51. The number of hydrazine groups is 1. The van der Waals surface area contributed by atoms with Gasteiger partial charge in [-0.2, -0.15) is 0 Å². The molecule has 6 heteroatoms. The van der Waals surface area contributed by atoms with E-state index in [9.17, 15) is 4.79 Å². The fourth-order valence-corrected chi connectivity index (χ4v) is 4.96. The van der Waals surface area contributed by atoms with Gasteiger partial charge in [0.25, 0.3) is 0 Å². The summed E-state index contributed by atoms with van der Waals surface area (Å²) in [7, 11) is 0. The fraction of sp³-hybridized carbons (Fsp3) is 0.556. The molecule has 0 aliphatic carbocycles. The number of carbonyl (C=O) groups excluding carboxylic acids is 1. The van der Waals surface area contributed by atoms with E-state index >= 15 is 0 Å². The lowest BCUT2D eigenvalue weighted by molar-refractivity contribution is -0.134. The summed E-state index contributed by atoms with van der Waals surface area (Å²) in [6.45, 7) is 3.02. The zero-order chi connectivity index (χ0) is 16.5. The minimum Gasteiger partial charge on any atom is -0.332 e. The van der Waals surface area contributed by atoms with Crippen molar-refractivity contribution in [3.8, 4) is 0 Å². The number of rotatable bonds is 4. The number of para-hydroxylation sites is 1. The molecule has 128 valence electrons. The molecule has 2 aliphatic heterocycles. The number of thiazole rings is 1. The minimum atomic E-state index is -0.100. The average Bonchev–Trinajstić information content (AvgIpc) is 3.32. The van der Waals surface area contributed by atoms with E-state index in [0.29, 0.717) is 6.04 Å². The van der Waals surface area contributed by atoms with Gasteiger partial charge in [-0.25, -0.2) is 10.4 Å². The van der Waals surface area contributed by atoms with E-state index in [2.05, 4.69) is 23.8 Å². The summed E-state index contributed by atoms with van der Waals surface area (Å²) in [6.07, 6.45) is 5.21. The number of aromatic nitrogens is 1. The number of likely N-dealkylation sites (tertiary alicyclic amines) is 1. The van der Waals surface area contributed by atoms with Crippen molar-refractivity contribution in [1.29, 1.82) is 0 Å². The largest absolute Gasteiger partial charge is 0.332 e. The number of hydrogen-bond donors (Lipinski definition) is 2. The van der Waals surface area contributed by atoms with Crippen LogP contribution in [0.25, 0.3) is 10.2 Å². The zero-order valence-corrected chi connectivity index (χ0v) is 14.8. The van der Waals surface area contributed by atoms with Crippen LogP contribution >= 0.6 is 11.3 Å². The first kappa shape index (κ1) is 16.0. The van der Waals surface area contributed by atoms with E-state index in [4.69, 9.17) is 4.98 Å². The van der Waals surface area contributed by atoms with Crippen LogP contribution < -0.4 is 10.9 Å². The monoisotopic (exact) mass is 344 g/mol. The van der Waals surface area contributed by atoms with Crippen LogP contribution in [0.15, 0.2) is 24.3 Å². The Hall–Kier alpha value is -1.50. The number of carbonyl (C=O) groups is 1. The topological polar surface area (TPSA) is 57.3 Å². The van der Waals surface area contributed by atoms with Crippen LogP contribution in [0.4, 0.5) is 0 Å². The van der Waals surface area contributed by atoms with Crippen LogP contribution in [0.3, 0.4) is 0 Å². The summed E-state index contributed by atoms with van der Waals surface area (Å²) in [5.41, 5.74) is 7.53. The molecule has 4 rings (SSSR count). The Labute approximate surface area is 146 Å². The molecule has 3 unspecified atom stereocenters. The third kappa shape index (κ3) is 2.94. The third-order valence-electron chi connectivity index (χ3n) is 5.05. The van der Waals surface area contributed by atoms with Gasteiger partial charge in [-0.05, 0) is 37.8 Å². The first-order valence-electron chi connectivity index (χ1n) is 8.93. The van der Waals surface area contributed by atoms with Gasteiger partial charge in [0.05, 0.1) is 16.3 Å². The predicted molar refractivity (Wildman–Crippen MR) is 96.7 cm³/mol. The maximum atomic E-state index is 13.0. The van der Waals surface area contributed by atoms with Crippen LogP contribution in [-0.4, -0.2) is 34.4 Å². The van der Waals surface area contributed by atoms with Gasteiger partial charge in [-0.3, -0.25) is 10.2 Å². The SMILES string of the molecule is CCCC1CC(C(=O)N2CCCC2c2nc3ccccc3s2)NN1. The molecule has 2 N–H and O–H groups in total. The molecule has 0 spiro atoms. The van der Waals surface area contributed by atoms with Gasteiger partial charge in [0.1, 0.15) is 11.0 Å². The maximum absolute atomic E-state index is 13.0. The van der Waals surface area contributed by atoms with E-state index in [1.165, 1.54) is 4.70 Å². The molecule has 3 heterocycles. The predicted octanol–water partition coefficient (Wildman–Crippen LogP) is 3.00. The van der Waals surface area contributed by atoms with E-state index in [0.717, 1.165) is 49.2 Å². The Morgan fingerprint density at radius 2 is 2.25 bits per heavy atom. The summed E-state index contributed by atoms with van der Waals surface area (Å²) >= 11 is 1.73. The third-order valence-corrected chi connectivity index (χ3v) is 6.19. The summed E-state index contributed by atoms with van der Waals surface area (Å²) in [4.78, 5) is 19.8. The summed E-state index contributed by atoms with van der Waals surface area (Å²) in [5, 5.41) is 1.08. The molecular formula is C18H24N4OS. The van der Waals surface area contributed by atoms with E-state index in [-0.39, 0.29) is 18.0 Å².